The zero-order chi connectivity index (χ0) is 63.8. The lowest BCUT2D eigenvalue weighted by atomic mass is 9.97. The molecule has 2 heterocycles. The van der Waals surface area contributed by atoms with Crippen LogP contribution in [0.2, 0.25) is 0 Å². The maximum absolute atomic E-state index is 13.3. The van der Waals surface area contributed by atoms with Gasteiger partial charge in [0.2, 0.25) is 5.91 Å². The van der Waals surface area contributed by atoms with Gasteiger partial charge in [-0.1, -0.05) is 293 Å². The number of amides is 1. The molecule has 2 rings (SSSR count). The van der Waals surface area contributed by atoms with E-state index in [1.165, 1.54) is 212 Å². The molecule has 88 heavy (non-hydrogen) atoms. The number of allylic oxidation sites excluding steroid dienone is 9. The highest BCUT2D eigenvalue weighted by Crippen LogP contribution is 2.30. The van der Waals surface area contributed by atoms with Gasteiger partial charge in [0, 0.05) is 6.42 Å². The minimum Gasteiger partial charge on any atom is -0.394 e. The molecule has 12 atom stereocenters. The molecule has 0 aromatic carbocycles. The van der Waals surface area contributed by atoms with Crippen molar-refractivity contribution in [3.63, 3.8) is 0 Å². The second kappa shape index (κ2) is 58.5. The van der Waals surface area contributed by atoms with Crippen molar-refractivity contribution in [3.05, 3.63) is 60.8 Å². The van der Waals surface area contributed by atoms with Crippen LogP contribution >= 0.6 is 0 Å². The summed E-state index contributed by atoms with van der Waals surface area (Å²) in [4.78, 5) is 13.3. The molecule has 14 heteroatoms. The number of rotatable bonds is 60. The van der Waals surface area contributed by atoms with Crippen molar-refractivity contribution < 1.29 is 64.6 Å². The molecular formula is C74H135NO13. The van der Waals surface area contributed by atoms with Gasteiger partial charge in [-0.3, -0.25) is 4.79 Å². The van der Waals surface area contributed by atoms with Gasteiger partial charge in [0.1, 0.15) is 48.8 Å². The second-order valence-electron chi connectivity index (χ2n) is 25.7. The van der Waals surface area contributed by atoms with Crippen molar-refractivity contribution in [2.45, 2.75) is 383 Å². The Morgan fingerprint density at radius 2 is 0.761 bits per heavy atom. The van der Waals surface area contributed by atoms with E-state index in [9.17, 15) is 45.6 Å². The van der Waals surface area contributed by atoms with Crippen molar-refractivity contribution in [2.75, 3.05) is 19.8 Å². The molecule has 0 aromatic rings. The van der Waals surface area contributed by atoms with E-state index in [0.717, 1.165) is 64.2 Å². The van der Waals surface area contributed by atoms with Crippen LogP contribution < -0.4 is 5.32 Å². The Labute approximate surface area is 536 Å². The summed E-state index contributed by atoms with van der Waals surface area (Å²) in [5.41, 5.74) is 0. The molecule has 0 spiro atoms. The van der Waals surface area contributed by atoms with Crippen LogP contribution in [0.15, 0.2) is 60.8 Å². The highest BCUT2D eigenvalue weighted by Gasteiger charge is 2.51. The Hall–Kier alpha value is -2.31. The van der Waals surface area contributed by atoms with Crippen LogP contribution in [0.5, 0.6) is 0 Å². The van der Waals surface area contributed by atoms with Gasteiger partial charge in [-0.15, -0.1) is 0 Å². The summed E-state index contributed by atoms with van der Waals surface area (Å²) in [5.74, 6) is -0.260. The number of aliphatic hydroxyl groups excluding tert-OH is 8. The van der Waals surface area contributed by atoms with E-state index in [4.69, 9.17) is 18.9 Å². The minimum absolute atomic E-state index is 0.257. The highest BCUT2D eigenvalue weighted by molar-refractivity contribution is 5.76. The lowest BCUT2D eigenvalue weighted by Crippen LogP contribution is -2.65. The van der Waals surface area contributed by atoms with Crippen molar-refractivity contribution in [1.82, 2.24) is 5.32 Å². The normalized spacial score (nSPS) is 23.5. The van der Waals surface area contributed by atoms with Crippen molar-refractivity contribution in [1.29, 1.82) is 0 Å². The predicted molar refractivity (Wildman–Crippen MR) is 360 cm³/mol. The van der Waals surface area contributed by atoms with Crippen LogP contribution in [-0.4, -0.2) is 140 Å². The smallest absolute Gasteiger partial charge is 0.220 e. The first-order chi connectivity index (χ1) is 43.1. The molecule has 2 fully saturated rings. The van der Waals surface area contributed by atoms with Gasteiger partial charge in [0.15, 0.2) is 12.6 Å². The molecule has 0 bridgehead atoms. The largest absolute Gasteiger partial charge is 0.394 e. The summed E-state index contributed by atoms with van der Waals surface area (Å²) < 4.78 is 22.8. The second-order valence-corrected chi connectivity index (χ2v) is 25.7. The number of ether oxygens (including phenoxy) is 4. The van der Waals surface area contributed by atoms with Gasteiger partial charge in [-0.05, 0) is 70.6 Å². The average Bonchev–Trinajstić information content (AvgIpc) is 2.01. The number of carbonyl (C=O) groups is 1. The Morgan fingerprint density at radius 3 is 1.19 bits per heavy atom. The molecule has 0 aromatic heterocycles. The third-order valence-corrected chi connectivity index (χ3v) is 17.7. The van der Waals surface area contributed by atoms with E-state index >= 15 is 0 Å². The zero-order valence-corrected chi connectivity index (χ0v) is 56.0. The molecule has 1 amide bonds. The Balaban J connectivity index is 1.67. The fraction of sp³-hybridized carbons (Fsp3) is 0.851. The summed E-state index contributed by atoms with van der Waals surface area (Å²) in [6.07, 6.45) is 61.5. The lowest BCUT2D eigenvalue weighted by molar-refractivity contribution is -0.359. The Kier molecular flexibility index (Phi) is 54.4. The van der Waals surface area contributed by atoms with E-state index in [0.29, 0.717) is 12.8 Å². The summed E-state index contributed by atoms with van der Waals surface area (Å²) >= 11 is 0. The van der Waals surface area contributed by atoms with Gasteiger partial charge in [0.25, 0.3) is 0 Å². The maximum atomic E-state index is 13.3. The van der Waals surface area contributed by atoms with Crippen molar-refractivity contribution in [2.24, 2.45) is 0 Å². The van der Waals surface area contributed by atoms with Gasteiger partial charge < -0.3 is 65.1 Å². The van der Waals surface area contributed by atoms with Gasteiger partial charge >= 0.3 is 0 Å². The molecular weight excluding hydrogens is 1110 g/mol. The maximum Gasteiger partial charge on any atom is 0.220 e. The van der Waals surface area contributed by atoms with E-state index in [1.54, 1.807) is 6.08 Å². The molecule has 12 unspecified atom stereocenters. The Morgan fingerprint density at radius 1 is 0.409 bits per heavy atom. The third kappa shape index (κ3) is 42.0. The molecule has 14 nitrogen and oxygen atoms in total. The van der Waals surface area contributed by atoms with E-state index < -0.39 is 86.8 Å². The Bertz CT molecular complexity index is 1710. The van der Waals surface area contributed by atoms with Crippen LogP contribution in [0.1, 0.15) is 309 Å². The molecule has 2 aliphatic rings. The zero-order valence-electron chi connectivity index (χ0n) is 56.0. The number of aliphatic hydroxyl groups is 8. The topological polar surface area (TPSA) is 228 Å². The van der Waals surface area contributed by atoms with Gasteiger partial charge in [-0.25, -0.2) is 0 Å². The van der Waals surface area contributed by atoms with E-state index in [-0.39, 0.29) is 18.9 Å². The minimum atomic E-state index is -1.80. The molecule has 514 valence electrons. The number of hydrogen-bond acceptors (Lipinski definition) is 13. The van der Waals surface area contributed by atoms with Gasteiger partial charge in [0.05, 0.1) is 32.0 Å². The van der Waals surface area contributed by atoms with Gasteiger partial charge in [-0.2, -0.15) is 0 Å². The third-order valence-electron chi connectivity index (χ3n) is 17.7. The standard InChI is InChI=1S/C74H135NO13/c1-3-5-7-9-11-13-15-17-19-21-23-25-26-27-28-29-30-31-32-33-34-35-36-38-39-41-43-45-47-49-51-53-55-57-63(78)62(61-85-73-71(84)69(82)72(65(60-77)87-73)88-74-70(83)68(81)67(80)64(59-76)86-74)75-66(79)58-56-54-52-50-48-46-44-42-40-37-24-22-20-18-16-14-12-10-8-6-4-2/h16,18,22,24,40,42,47,49,55,57,62-65,67-74,76-78,80-84H,3-15,17,19-21,23,25-39,41,43-46,48,50-54,56,58-61H2,1-2H3,(H,75,79)/b18-16-,24-22-,42-40-,49-47+,57-55+. The number of hydrogen-bond donors (Lipinski definition) is 9. The average molecular weight is 1250 g/mol. The van der Waals surface area contributed by atoms with Crippen LogP contribution in [0, 0.1) is 0 Å². The lowest BCUT2D eigenvalue weighted by Gasteiger charge is -2.46. The fourth-order valence-electron chi connectivity index (χ4n) is 11.8. The highest BCUT2D eigenvalue weighted by atomic mass is 16.7. The van der Waals surface area contributed by atoms with Crippen LogP contribution in [-0.2, 0) is 23.7 Å². The SMILES string of the molecule is CCCCCCC/C=C\C/C=C\C/C=C\CCCCCCCCC(=O)NC(COC1OC(CO)C(OC2OC(CO)C(O)C(O)C2O)C(O)C1O)C(O)/C=C/CC/C=C/CCCCCCCCCCCCCCCCCCCCCCCCCCCCC. The number of carbonyl (C=O) groups excluding carboxylic acids is 1. The number of unbranched alkanes of at least 4 members (excludes halogenated alkanes) is 39. The molecule has 2 aliphatic heterocycles. The fourth-order valence-corrected chi connectivity index (χ4v) is 11.8. The summed E-state index contributed by atoms with van der Waals surface area (Å²) in [6, 6.07) is -0.943. The molecule has 2 saturated heterocycles. The van der Waals surface area contributed by atoms with Crippen LogP contribution in [0.25, 0.3) is 0 Å². The number of nitrogens with one attached hydrogen (secondary N) is 1. The van der Waals surface area contributed by atoms with E-state index in [2.05, 4.69) is 67.8 Å². The van der Waals surface area contributed by atoms with Crippen LogP contribution in [0.3, 0.4) is 0 Å². The summed E-state index contributed by atoms with van der Waals surface area (Å²) in [6.45, 7) is 2.79. The van der Waals surface area contributed by atoms with Crippen molar-refractivity contribution in [3.8, 4) is 0 Å². The molecule has 0 saturated carbocycles. The predicted octanol–water partition coefficient (Wildman–Crippen LogP) is 15.2. The first-order valence-electron chi connectivity index (χ1n) is 36.5. The van der Waals surface area contributed by atoms with Crippen molar-refractivity contribution >= 4 is 5.91 Å². The first-order valence-corrected chi connectivity index (χ1v) is 36.5. The summed E-state index contributed by atoms with van der Waals surface area (Å²) in [5, 5.41) is 87.4. The monoisotopic (exact) mass is 1250 g/mol. The quantitative estimate of drug-likeness (QED) is 0.0204. The van der Waals surface area contributed by atoms with E-state index in [1.807, 2.05) is 6.08 Å². The van der Waals surface area contributed by atoms with Crippen LogP contribution in [0.4, 0.5) is 0 Å². The molecule has 0 radical (unpaired) electrons. The molecule has 0 aliphatic carbocycles. The first kappa shape index (κ1) is 81.8. The molecule has 9 N–H and O–H groups in total. The summed E-state index contributed by atoms with van der Waals surface area (Å²) in [7, 11) is 0.